The van der Waals surface area contributed by atoms with Crippen molar-refractivity contribution < 1.29 is 19.1 Å². The number of esters is 1. The van der Waals surface area contributed by atoms with Crippen molar-refractivity contribution >= 4 is 40.6 Å². The summed E-state index contributed by atoms with van der Waals surface area (Å²) < 4.78 is 11.4. The minimum Gasteiger partial charge on any atom is -0.428 e. The lowest BCUT2D eigenvalue weighted by Crippen LogP contribution is -2.51. The van der Waals surface area contributed by atoms with E-state index in [9.17, 15) is 9.59 Å². The van der Waals surface area contributed by atoms with Crippen LogP contribution in [0.25, 0.3) is 5.82 Å². The number of carbonyl (C=O) groups is 2. The molecule has 0 bridgehead atoms. The van der Waals surface area contributed by atoms with Gasteiger partial charge in [-0.3, -0.25) is 4.79 Å². The topological polar surface area (TPSA) is 74.7 Å². The quantitative estimate of drug-likeness (QED) is 0.350. The Morgan fingerprint density at radius 2 is 1.72 bits per heavy atom. The molecule has 1 saturated heterocycles. The van der Waals surface area contributed by atoms with Gasteiger partial charge in [-0.2, -0.15) is 0 Å². The van der Waals surface area contributed by atoms with Gasteiger partial charge in [-0.05, 0) is 50.4 Å². The van der Waals surface area contributed by atoms with Crippen LogP contribution in [0.4, 0.5) is 16.2 Å². The molecule has 1 aromatic carbocycles. The average Bonchev–Trinajstić information content (AvgIpc) is 3.16. The molecule has 0 spiro atoms. The summed E-state index contributed by atoms with van der Waals surface area (Å²) in [6.45, 7) is 15.9. The fourth-order valence-electron chi connectivity index (χ4n) is 4.59. The molecule has 2 aliphatic rings. The normalized spacial score (nSPS) is 15.3. The molecule has 39 heavy (non-hydrogen) atoms. The molecule has 0 unspecified atom stereocenters. The van der Waals surface area contributed by atoms with Gasteiger partial charge in [0.25, 0.3) is 0 Å². The van der Waals surface area contributed by atoms with Crippen LogP contribution in [-0.4, -0.2) is 61.9 Å². The number of aryl methyl sites for hydroxylation is 1. The van der Waals surface area contributed by atoms with Crippen LogP contribution in [0.15, 0.2) is 35.3 Å². The largest absolute Gasteiger partial charge is 0.428 e. The summed E-state index contributed by atoms with van der Waals surface area (Å²) in [7, 11) is 2.09. The zero-order valence-corrected chi connectivity index (χ0v) is 25.4. The summed E-state index contributed by atoms with van der Waals surface area (Å²) in [6.07, 6.45) is 3.02. The standard InChI is InChI=1S/C23H28N4O4S.C7H16/c1-4-7-20(28)30-15-31-23(29)27-19-9-6-5-8-18(19)24-21-17(14-16(2)32-21)22(27)26-12-10-25(3)11-13-26;1-5-6-7(2,3)4/h5-6,8-9,14H,4,7,10-13,15H2,1-3H3;5-6H2,1-4H3. The number of rotatable bonds is 6. The molecule has 3 heterocycles. The van der Waals surface area contributed by atoms with Crippen molar-refractivity contribution in [3.05, 3.63) is 45.1 Å². The number of thiophene rings is 1. The highest BCUT2D eigenvalue weighted by Gasteiger charge is 2.32. The number of nitrogens with zero attached hydrogens (tertiary/aromatic N) is 4. The molecule has 0 radical (unpaired) electrons. The summed E-state index contributed by atoms with van der Waals surface area (Å²) in [5, 5.41) is 0.910. The van der Waals surface area contributed by atoms with E-state index in [0.29, 0.717) is 29.6 Å². The Morgan fingerprint density at radius 1 is 1.03 bits per heavy atom. The van der Waals surface area contributed by atoms with Crippen molar-refractivity contribution in [2.45, 2.75) is 67.2 Å². The number of hydrogen-bond donors (Lipinski definition) is 0. The molecule has 1 fully saturated rings. The van der Waals surface area contributed by atoms with Crippen LogP contribution in [0, 0.1) is 12.3 Å². The molecule has 214 valence electrons. The summed E-state index contributed by atoms with van der Waals surface area (Å²) in [5.41, 5.74) is 1.89. The van der Waals surface area contributed by atoms with Crippen molar-refractivity contribution in [2.24, 2.45) is 10.4 Å². The van der Waals surface area contributed by atoms with Gasteiger partial charge in [0, 0.05) is 37.5 Å². The number of piperazine rings is 1. The molecule has 0 atom stereocenters. The highest BCUT2D eigenvalue weighted by atomic mass is 32.1. The van der Waals surface area contributed by atoms with Gasteiger partial charge < -0.3 is 19.3 Å². The lowest BCUT2D eigenvalue weighted by atomic mass is 9.91. The second-order valence-corrected chi connectivity index (χ2v) is 12.5. The minimum absolute atomic E-state index is 0.291. The smallest absolute Gasteiger partial charge is 0.423 e. The van der Waals surface area contributed by atoms with E-state index < -0.39 is 12.9 Å². The fraction of sp³-hybridized carbons (Fsp3) is 0.567. The Kier molecular flexibility index (Phi) is 10.9. The van der Waals surface area contributed by atoms with Crippen molar-refractivity contribution in [1.29, 1.82) is 0 Å². The van der Waals surface area contributed by atoms with E-state index in [2.05, 4.69) is 50.6 Å². The SMILES string of the molecule is CCCC(=O)OCOC(=O)N1C(N2CCN(C)CC2)=c2cc(C)sc2=Nc2ccccc21.CCCC(C)(C)C. The number of amides is 1. The third-order valence-corrected chi connectivity index (χ3v) is 7.42. The second kappa shape index (κ2) is 13.9. The van der Waals surface area contributed by atoms with E-state index in [1.165, 1.54) is 12.8 Å². The van der Waals surface area contributed by atoms with Gasteiger partial charge in [0.2, 0.25) is 6.79 Å². The van der Waals surface area contributed by atoms with Gasteiger partial charge in [0.15, 0.2) is 0 Å². The van der Waals surface area contributed by atoms with Crippen LogP contribution in [0.3, 0.4) is 0 Å². The Labute approximate surface area is 236 Å². The molecule has 1 amide bonds. The number of para-hydroxylation sites is 2. The molecule has 4 rings (SSSR count). The fourth-order valence-corrected chi connectivity index (χ4v) is 5.47. The Morgan fingerprint density at radius 3 is 2.33 bits per heavy atom. The Balaban J connectivity index is 0.000000532. The summed E-state index contributed by atoms with van der Waals surface area (Å²) >= 11 is 1.60. The first kappa shape index (κ1) is 30.6. The summed E-state index contributed by atoms with van der Waals surface area (Å²) in [6, 6.07) is 9.61. The highest BCUT2D eigenvalue weighted by molar-refractivity contribution is 7.09. The van der Waals surface area contributed by atoms with E-state index in [1.807, 2.05) is 38.1 Å². The van der Waals surface area contributed by atoms with Gasteiger partial charge in [-0.15, -0.1) is 11.3 Å². The maximum atomic E-state index is 13.4. The van der Waals surface area contributed by atoms with Crippen molar-refractivity contribution in [2.75, 3.05) is 44.9 Å². The lowest BCUT2D eigenvalue weighted by molar-refractivity contribution is -0.151. The van der Waals surface area contributed by atoms with Crippen LogP contribution in [0.1, 0.15) is 65.2 Å². The maximum Gasteiger partial charge on any atom is 0.423 e. The van der Waals surface area contributed by atoms with Crippen LogP contribution in [0.5, 0.6) is 0 Å². The number of fused-ring (bicyclic) bond motifs is 2. The monoisotopic (exact) mass is 556 g/mol. The first-order valence-electron chi connectivity index (χ1n) is 13.9. The molecule has 2 aromatic rings. The Hall–Kier alpha value is -2.91. The number of hydrogen-bond acceptors (Lipinski definition) is 8. The van der Waals surface area contributed by atoms with E-state index in [1.54, 1.807) is 16.2 Å². The van der Waals surface area contributed by atoms with Crippen molar-refractivity contribution in [1.82, 2.24) is 9.80 Å². The molecule has 0 N–H and O–H groups in total. The first-order chi connectivity index (χ1) is 18.5. The number of ether oxygens (including phenoxy) is 2. The first-order valence-corrected chi connectivity index (χ1v) is 14.7. The van der Waals surface area contributed by atoms with Gasteiger partial charge in [-0.25, -0.2) is 14.7 Å². The van der Waals surface area contributed by atoms with E-state index in [0.717, 1.165) is 46.8 Å². The molecule has 9 heteroatoms. The molecular formula is C30H44N4O4S. The predicted molar refractivity (Wildman–Crippen MR) is 158 cm³/mol. The van der Waals surface area contributed by atoms with Gasteiger partial charge in [0.05, 0.1) is 16.6 Å². The zero-order chi connectivity index (χ0) is 28.6. The molecule has 2 aliphatic heterocycles. The van der Waals surface area contributed by atoms with E-state index in [4.69, 9.17) is 14.5 Å². The molecular weight excluding hydrogens is 512 g/mol. The van der Waals surface area contributed by atoms with Gasteiger partial charge in [-0.1, -0.05) is 53.2 Å². The third kappa shape index (κ3) is 8.54. The average molecular weight is 557 g/mol. The van der Waals surface area contributed by atoms with Gasteiger partial charge >= 0.3 is 12.1 Å². The second-order valence-electron chi connectivity index (χ2n) is 11.2. The van der Waals surface area contributed by atoms with E-state index in [-0.39, 0.29) is 5.97 Å². The maximum absolute atomic E-state index is 13.4. The molecule has 8 nitrogen and oxygen atoms in total. The van der Waals surface area contributed by atoms with Gasteiger partial charge in [0.1, 0.15) is 10.5 Å². The number of likely N-dealkylation sites (N-methyl/N-ethyl adjacent to an activating group) is 1. The third-order valence-electron chi connectivity index (χ3n) is 6.47. The number of benzene rings is 1. The van der Waals surface area contributed by atoms with Crippen LogP contribution in [0.2, 0.25) is 0 Å². The highest BCUT2D eigenvalue weighted by Crippen LogP contribution is 2.34. The Bertz CT molecular complexity index is 1240. The molecule has 1 aromatic heterocycles. The summed E-state index contributed by atoms with van der Waals surface area (Å²) in [5.74, 6) is 0.376. The molecule has 0 aliphatic carbocycles. The van der Waals surface area contributed by atoms with Crippen LogP contribution in [-0.2, 0) is 14.3 Å². The number of carbonyl (C=O) groups excluding carboxylic acids is 2. The number of anilines is 1. The van der Waals surface area contributed by atoms with Crippen LogP contribution >= 0.6 is 11.3 Å². The lowest BCUT2D eigenvalue weighted by Gasteiger charge is -2.38. The minimum atomic E-state index is -0.595. The van der Waals surface area contributed by atoms with E-state index >= 15 is 0 Å². The predicted octanol–water partition coefficient (Wildman–Crippen LogP) is 5.41. The summed E-state index contributed by atoms with van der Waals surface area (Å²) in [4.78, 5) is 37.2. The van der Waals surface area contributed by atoms with Crippen molar-refractivity contribution in [3.8, 4) is 0 Å². The van der Waals surface area contributed by atoms with Crippen LogP contribution < -0.4 is 14.8 Å². The zero-order valence-electron chi connectivity index (χ0n) is 24.6. The van der Waals surface area contributed by atoms with Crippen molar-refractivity contribution in [3.63, 3.8) is 0 Å². The molecule has 0 saturated carbocycles.